The van der Waals surface area contributed by atoms with Crippen molar-refractivity contribution in [1.82, 2.24) is 9.62 Å². The number of esters is 1. The van der Waals surface area contributed by atoms with Crippen LogP contribution in [0, 0.1) is 11.3 Å². The van der Waals surface area contributed by atoms with Crippen LogP contribution >= 0.6 is 0 Å². The van der Waals surface area contributed by atoms with Crippen molar-refractivity contribution in [3.63, 3.8) is 0 Å². The molecular formula is C29H34N4O5S. The first-order valence-electron chi connectivity index (χ1n) is 13.0. The predicted molar refractivity (Wildman–Crippen MR) is 150 cm³/mol. The minimum absolute atomic E-state index is 0.0460. The highest BCUT2D eigenvalue weighted by Gasteiger charge is 2.35. The monoisotopic (exact) mass is 550 g/mol. The van der Waals surface area contributed by atoms with E-state index in [1.807, 2.05) is 24.3 Å². The van der Waals surface area contributed by atoms with Gasteiger partial charge in [0.05, 0.1) is 16.9 Å². The normalized spacial score (nSPS) is 16.7. The molecule has 1 saturated heterocycles. The second-order valence-corrected chi connectivity index (χ2v) is 11.8. The van der Waals surface area contributed by atoms with Crippen molar-refractivity contribution >= 4 is 38.5 Å². The molecule has 10 heteroatoms. The third-order valence-corrected chi connectivity index (χ3v) is 8.19. The first kappa shape index (κ1) is 28.3. The lowest BCUT2D eigenvalue weighted by Gasteiger charge is -2.34. The predicted octanol–water partition coefficient (Wildman–Crippen LogP) is 3.20. The van der Waals surface area contributed by atoms with Crippen molar-refractivity contribution in [1.29, 1.82) is 5.41 Å². The molecule has 1 aliphatic rings. The summed E-state index contributed by atoms with van der Waals surface area (Å²) in [4.78, 5) is 28.0. The summed E-state index contributed by atoms with van der Waals surface area (Å²) in [5.41, 5.74) is 6.77. The molecule has 39 heavy (non-hydrogen) atoms. The molecular weight excluding hydrogens is 516 g/mol. The Bertz CT molecular complexity index is 1490. The zero-order valence-corrected chi connectivity index (χ0v) is 22.9. The Kier molecular flexibility index (Phi) is 8.66. The lowest BCUT2D eigenvalue weighted by atomic mass is 9.96. The van der Waals surface area contributed by atoms with Crippen molar-refractivity contribution in [2.45, 2.75) is 50.2 Å². The third-order valence-electron chi connectivity index (χ3n) is 6.72. The van der Waals surface area contributed by atoms with E-state index in [2.05, 4.69) is 4.72 Å². The van der Waals surface area contributed by atoms with E-state index in [1.165, 1.54) is 11.0 Å². The number of amides is 1. The number of carbonyl (C=O) groups is 2. The molecule has 4 N–H and O–H groups in total. The van der Waals surface area contributed by atoms with Gasteiger partial charge in [-0.2, -0.15) is 4.72 Å². The maximum absolute atomic E-state index is 13.8. The summed E-state index contributed by atoms with van der Waals surface area (Å²) in [6.45, 7) is 4.12. The average Bonchev–Trinajstić information content (AvgIpc) is 2.91. The first-order chi connectivity index (χ1) is 18.5. The van der Waals surface area contributed by atoms with Crippen LogP contribution in [0.2, 0.25) is 0 Å². The van der Waals surface area contributed by atoms with Gasteiger partial charge in [0.2, 0.25) is 15.9 Å². The van der Waals surface area contributed by atoms with E-state index in [0.717, 1.165) is 10.8 Å². The van der Waals surface area contributed by atoms with Crippen LogP contribution < -0.4 is 10.5 Å². The smallest absolute Gasteiger partial charge is 0.310 e. The van der Waals surface area contributed by atoms with Crippen molar-refractivity contribution in [2.24, 2.45) is 11.7 Å². The van der Waals surface area contributed by atoms with Crippen LogP contribution in [-0.4, -0.2) is 56.3 Å². The molecule has 3 aromatic rings. The van der Waals surface area contributed by atoms with Crippen LogP contribution in [0.3, 0.4) is 0 Å². The highest BCUT2D eigenvalue weighted by molar-refractivity contribution is 7.89. The van der Waals surface area contributed by atoms with Crippen molar-refractivity contribution in [2.75, 3.05) is 13.1 Å². The lowest BCUT2D eigenvalue weighted by Crippen LogP contribution is -2.53. The van der Waals surface area contributed by atoms with Gasteiger partial charge in [-0.25, -0.2) is 8.42 Å². The molecule has 1 amide bonds. The number of ether oxygens (including phenoxy) is 1. The molecule has 0 saturated carbocycles. The molecule has 1 fully saturated rings. The number of nitrogens with two attached hydrogens (primary N) is 1. The Labute approximate surface area is 228 Å². The Balaban J connectivity index is 1.63. The highest BCUT2D eigenvalue weighted by atomic mass is 32.2. The zero-order chi connectivity index (χ0) is 28.2. The Morgan fingerprint density at radius 3 is 2.54 bits per heavy atom. The number of piperidine rings is 1. The van der Waals surface area contributed by atoms with Gasteiger partial charge in [0.15, 0.2) is 0 Å². The number of sulfonamides is 1. The van der Waals surface area contributed by atoms with Gasteiger partial charge in [-0.05, 0) is 67.6 Å². The molecule has 206 valence electrons. The first-order valence-corrected chi connectivity index (χ1v) is 14.5. The number of nitrogen functional groups attached to an aromatic ring is 1. The minimum Gasteiger partial charge on any atom is -0.463 e. The number of nitrogens with one attached hydrogen (secondary N) is 2. The van der Waals surface area contributed by atoms with Crippen LogP contribution in [0.4, 0.5) is 0 Å². The quantitative estimate of drug-likeness (QED) is 0.212. The molecule has 4 rings (SSSR count). The number of hydrogen-bond donors (Lipinski definition) is 3. The third kappa shape index (κ3) is 7.01. The molecule has 0 bridgehead atoms. The fourth-order valence-corrected chi connectivity index (χ4v) is 6.01. The largest absolute Gasteiger partial charge is 0.463 e. The summed E-state index contributed by atoms with van der Waals surface area (Å²) in [5.74, 6) is -1.37. The van der Waals surface area contributed by atoms with E-state index in [9.17, 15) is 18.0 Å². The summed E-state index contributed by atoms with van der Waals surface area (Å²) in [6.07, 6.45) is 0.986. The van der Waals surface area contributed by atoms with E-state index in [-0.39, 0.29) is 35.8 Å². The van der Waals surface area contributed by atoms with Gasteiger partial charge in [0.25, 0.3) is 0 Å². The van der Waals surface area contributed by atoms with Gasteiger partial charge in [-0.1, -0.05) is 48.5 Å². The maximum atomic E-state index is 13.8. The van der Waals surface area contributed by atoms with Crippen molar-refractivity contribution in [3.05, 3.63) is 77.9 Å². The summed E-state index contributed by atoms with van der Waals surface area (Å²) < 4.78 is 35.0. The van der Waals surface area contributed by atoms with E-state index in [1.54, 1.807) is 50.2 Å². The van der Waals surface area contributed by atoms with E-state index < -0.39 is 27.9 Å². The molecule has 0 aliphatic carbocycles. The zero-order valence-electron chi connectivity index (χ0n) is 22.1. The summed E-state index contributed by atoms with van der Waals surface area (Å²) in [7, 11) is -4.08. The van der Waals surface area contributed by atoms with Crippen LogP contribution in [0.5, 0.6) is 0 Å². The number of hydrogen-bond acceptors (Lipinski definition) is 6. The number of amidine groups is 1. The van der Waals surface area contributed by atoms with Crippen LogP contribution in [0.15, 0.2) is 71.6 Å². The van der Waals surface area contributed by atoms with Gasteiger partial charge in [-0.3, -0.25) is 15.0 Å². The van der Waals surface area contributed by atoms with E-state index >= 15 is 0 Å². The van der Waals surface area contributed by atoms with Gasteiger partial charge in [0.1, 0.15) is 11.9 Å². The lowest BCUT2D eigenvalue weighted by molar-refractivity contribution is -0.155. The Hall–Kier alpha value is -3.76. The highest BCUT2D eigenvalue weighted by Crippen LogP contribution is 2.23. The fraction of sp³-hybridized carbons (Fsp3) is 0.345. The van der Waals surface area contributed by atoms with E-state index in [0.29, 0.717) is 30.5 Å². The Morgan fingerprint density at radius 2 is 1.82 bits per heavy atom. The van der Waals surface area contributed by atoms with Gasteiger partial charge in [-0.15, -0.1) is 0 Å². The molecule has 0 spiro atoms. The molecule has 0 aromatic heterocycles. The van der Waals surface area contributed by atoms with Crippen LogP contribution in [-0.2, 0) is 30.8 Å². The summed E-state index contributed by atoms with van der Waals surface area (Å²) in [5, 5.41) is 9.40. The van der Waals surface area contributed by atoms with Crippen LogP contribution in [0.1, 0.15) is 37.8 Å². The van der Waals surface area contributed by atoms with Crippen molar-refractivity contribution in [3.8, 4) is 0 Å². The maximum Gasteiger partial charge on any atom is 0.310 e. The van der Waals surface area contributed by atoms with Crippen molar-refractivity contribution < 1.29 is 22.7 Å². The van der Waals surface area contributed by atoms with Gasteiger partial charge in [0, 0.05) is 18.7 Å². The van der Waals surface area contributed by atoms with E-state index in [4.69, 9.17) is 15.9 Å². The second kappa shape index (κ2) is 12.0. The molecule has 2 atom stereocenters. The summed E-state index contributed by atoms with van der Waals surface area (Å²) >= 11 is 0. The minimum atomic E-state index is -4.08. The van der Waals surface area contributed by atoms with Gasteiger partial charge >= 0.3 is 5.97 Å². The number of nitrogens with zero attached hydrogens (tertiary/aromatic N) is 1. The molecule has 9 nitrogen and oxygen atoms in total. The molecule has 0 radical (unpaired) electrons. The molecule has 1 heterocycles. The number of likely N-dealkylation sites (tertiary alicyclic amines) is 1. The average molecular weight is 551 g/mol. The number of carbonyl (C=O) groups excluding carboxylic acids is 2. The fourth-order valence-electron chi connectivity index (χ4n) is 4.79. The van der Waals surface area contributed by atoms with Crippen LogP contribution in [0.25, 0.3) is 10.8 Å². The molecule has 2 unspecified atom stereocenters. The number of rotatable bonds is 9. The SMILES string of the molecule is CC(C)OC(=O)C1CCCN(C(=O)C(Cc2cccc(C(=N)N)c2)NS(=O)(=O)c2ccc3ccccc3c2)C1. The second-order valence-electron chi connectivity index (χ2n) is 10.1. The molecule has 3 aromatic carbocycles. The number of benzene rings is 3. The summed E-state index contributed by atoms with van der Waals surface area (Å²) in [6, 6.07) is 17.9. The Morgan fingerprint density at radius 1 is 1.08 bits per heavy atom. The van der Waals surface area contributed by atoms with Gasteiger partial charge < -0.3 is 15.4 Å². The topological polar surface area (TPSA) is 143 Å². The number of fused-ring (bicyclic) bond motifs is 1. The molecule has 1 aliphatic heterocycles. The standard InChI is InChI=1S/C29H34N4O5S/c1-19(2)38-29(35)24-11-6-14-33(18-24)28(34)26(16-20-7-5-10-23(15-20)27(30)31)32-39(36,37)25-13-12-21-8-3-4-9-22(21)17-25/h3-5,7-10,12-13,15,17,19,24,26,32H,6,11,14,16,18H2,1-2H3,(H3,30,31).